The molecule has 1 N–H and O–H groups in total. The highest BCUT2D eigenvalue weighted by atomic mass is 16.5. The highest BCUT2D eigenvalue weighted by Crippen LogP contribution is 2.27. The number of likely N-dealkylation sites (N-methyl/N-ethyl adjacent to an activating group) is 1. The van der Waals surface area contributed by atoms with Gasteiger partial charge in [-0.05, 0) is 54.9 Å². The Hall–Kier alpha value is -2.99. The maximum Gasteiger partial charge on any atom is 0.336 e. The Bertz CT molecular complexity index is 994. The summed E-state index contributed by atoms with van der Waals surface area (Å²) in [5.74, 6) is 1.72. The minimum absolute atomic E-state index is 0.150. The summed E-state index contributed by atoms with van der Waals surface area (Å²) >= 11 is 0. The lowest BCUT2D eigenvalue weighted by Gasteiger charge is -2.18. The molecule has 0 fully saturated rings. The van der Waals surface area contributed by atoms with E-state index < -0.39 is 5.63 Å². The molecule has 148 valence electrons. The van der Waals surface area contributed by atoms with Crippen LogP contribution in [0.3, 0.4) is 0 Å². The van der Waals surface area contributed by atoms with E-state index in [0.717, 1.165) is 28.0 Å². The lowest BCUT2D eigenvalue weighted by molar-refractivity contribution is 0.233. The van der Waals surface area contributed by atoms with Gasteiger partial charge in [0.25, 0.3) is 0 Å². The Kier molecular flexibility index (Phi) is 6.21. The first-order chi connectivity index (χ1) is 13.5. The standard InChI is InChI=1S/C22H25NO5/c1-4-15-11-19-16(12-22(25)28-21(19)13-20(15)24)14-23(2)9-10-27-18-7-5-17(26-3)6-8-18/h5-8,11-13,24H,4,9-10,14H2,1-3H3. The first-order valence-electron chi connectivity index (χ1n) is 9.24. The molecule has 0 bridgehead atoms. The second-order valence-electron chi connectivity index (χ2n) is 6.68. The Morgan fingerprint density at radius 3 is 2.46 bits per heavy atom. The van der Waals surface area contributed by atoms with E-state index in [1.165, 1.54) is 12.1 Å². The van der Waals surface area contributed by atoms with Crippen molar-refractivity contribution in [3.05, 3.63) is 64.0 Å². The molecule has 0 unspecified atom stereocenters. The number of phenols is 1. The Labute approximate surface area is 163 Å². The van der Waals surface area contributed by atoms with Crippen molar-refractivity contribution in [2.75, 3.05) is 27.3 Å². The van der Waals surface area contributed by atoms with E-state index in [9.17, 15) is 9.90 Å². The monoisotopic (exact) mass is 383 g/mol. The maximum atomic E-state index is 11.9. The molecule has 28 heavy (non-hydrogen) atoms. The van der Waals surface area contributed by atoms with Crippen molar-refractivity contribution in [1.29, 1.82) is 0 Å². The van der Waals surface area contributed by atoms with Crippen LogP contribution < -0.4 is 15.1 Å². The molecule has 0 amide bonds. The van der Waals surface area contributed by atoms with Crippen LogP contribution in [0.25, 0.3) is 11.0 Å². The molecule has 0 aliphatic carbocycles. The number of ether oxygens (including phenoxy) is 2. The Balaban J connectivity index is 1.68. The Morgan fingerprint density at radius 2 is 1.79 bits per heavy atom. The van der Waals surface area contributed by atoms with Gasteiger partial charge in [0.1, 0.15) is 29.4 Å². The number of aromatic hydroxyl groups is 1. The van der Waals surface area contributed by atoms with Gasteiger partial charge in [-0.1, -0.05) is 6.92 Å². The third-order valence-corrected chi connectivity index (χ3v) is 4.65. The summed E-state index contributed by atoms with van der Waals surface area (Å²) in [6.45, 7) is 3.75. The first-order valence-corrected chi connectivity index (χ1v) is 9.24. The lowest BCUT2D eigenvalue weighted by atomic mass is 10.0. The van der Waals surface area contributed by atoms with E-state index in [0.29, 0.717) is 31.7 Å². The second kappa shape index (κ2) is 8.80. The molecule has 3 rings (SSSR count). The normalized spacial score (nSPS) is 11.1. The zero-order valence-electron chi connectivity index (χ0n) is 16.4. The molecule has 0 aliphatic rings. The third-order valence-electron chi connectivity index (χ3n) is 4.65. The smallest absolute Gasteiger partial charge is 0.336 e. The maximum absolute atomic E-state index is 11.9. The van der Waals surface area contributed by atoms with Crippen LogP contribution in [-0.2, 0) is 13.0 Å². The van der Waals surface area contributed by atoms with Gasteiger partial charge >= 0.3 is 5.63 Å². The van der Waals surface area contributed by atoms with E-state index in [1.54, 1.807) is 7.11 Å². The minimum atomic E-state index is -0.422. The molecule has 0 saturated heterocycles. The minimum Gasteiger partial charge on any atom is -0.508 e. The lowest BCUT2D eigenvalue weighted by Crippen LogP contribution is -2.24. The summed E-state index contributed by atoms with van der Waals surface area (Å²) in [5, 5.41) is 10.9. The van der Waals surface area contributed by atoms with E-state index >= 15 is 0 Å². The number of rotatable bonds is 8. The summed E-state index contributed by atoms with van der Waals surface area (Å²) in [7, 11) is 3.60. The fourth-order valence-corrected chi connectivity index (χ4v) is 3.08. The summed E-state index contributed by atoms with van der Waals surface area (Å²) in [6, 6.07) is 12.4. The van der Waals surface area contributed by atoms with E-state index in [-0.39, 0.29) is 5.75 Å². The van der Waals surface area contributed by atoms with Crippen molar-refractivity contribution in [3.8, 4) is 17.2 Å². The first kappa shape index (κ1) is 19.8. The molecule has 0 radical (unpaired) electrons. The summed E-state index contributed by atoms with van der Waals surface area (Å²) in [4.78, 5) is 14.0. The second-order valence-corrected chi connectivity index (χ2v) is 6.68. The van der Waals surface area contributed by atoms with Crippen molar-refractivity contribution in [1.82, 2.24) is 4.90 Å². The molecule has 0 atom stereocenters. The van der Waals surface area contributed by atoms with E-state index in [2.05, 4.69) is 4.90 Å². The van der Waals surface area contributed by atoms with Crippen LogP contribution in [0.2, 0.25) is 0 Å². The number of phenolic OH excluding ortho intramolecular Hbond substituents is 1. The summed E-state index contributed by atoms with van der Waals surface area (Å²) in [5.41, 5.74) is 1.68. The van der Waals surface area contributed by atoms with Gasteiger partial charge in [0, 0.05) is 30.6 Å². The van der Waals surface area contributed by atoms with Crippen molar-refractivity contribution >= 4 is 11.0 Å². The van der Waals surface area contributed by atoms with Crippen molar-refractivity contribution in [2.24, 2.45) is 0 Å². The van der Waals surface area contributed by atoms with Crippen LogP contribution in [0, 0.1) is 0 Å². The molecular weight excluding hydrogens is 358 g/mol. The largest absolute Gasteiger partial charge is 0.508 e. The highest BCUT2D eigenvalue weighted by molar-refractivity contribution is 5.82. The van der Waals surface area contributed by atoms with Gasteiger partial charge in [-0.25, -0.2) is 4.79 Å². The van der Waals surface area contributed by atoms with Crippen molar-refractivity contribution in [2.45, 2.75) is 19.9 Å². The molecule has 3 aromatic rings. The third kappa shape index (κ3) is 4.64. The molecule has 6 nitrogen and oxygen atoms in total. The van der Waals surface area contributed by atoms with Crippen LogP contribution in [0.5, 0.6) is 17.2 Å². The van der Waals surface area contributed by atoms with E-state index in [1.807, 2.05) is 44.3 Å². The number of benzene rings is 2. The fourth-order valence-electron chi connectivity index (χ4n) is 3.08. The average Bonchev–Trinajstić information content (AvgIpc) is 2.68. The van der Waals surface area contributed by atoms with Gasteiger partial charge in [0.2, 0.25) is 0 Å². The molecule has 0 spiro atoms. The number of nitrogens with zero attached hydrogens (tertiary/aromatic N) is 1. The van der Waals surface area contributed by atoms with Gasteiger partial charge < -0.3 is 19.0 Å². The molecule has 2 aromatic carbocycles. The SMILES string of the molecule is CCc1cc2c(CN(C)CCOc3ccc(OC)cc3)cc(=O)oc2cc1O. The van der Waals surface area contributed by atoms with Gasteiger partial charge in [-0.2, -0.15) is 0 Å². The van der Waals surface area contributed by atoms with Crippen LogP contribution >= 0.6 is 0 Å². The number of fused-ring (bicyclic) bond motifs is 1. The van der Waals surface area contributed by atoms with Gasteiger partial charge in [-0.3, -0.25) is 4.90 Å². The van der Waals surface area contributed by atoms with Gasteiger partial charge in [-0.15, -0.1) is 0 Å². The zero-order chi connectivity index (χ0) is 20.1. The summed E-state index contributed by atoms with van der Waals surface area (Å²) < 4.78 is 16.2. The van der Waals surface area contributed by atoms with Crippen LogP contribution in [0.15, 0.2) is 51.7 Å². The van der Waals surface area contributed by atoms with Gasteiger partial charge in [0.05, 0.1) is 7.11 Å². The quantitative estimate of drug-likeness (QED) is 0.600. The fraction of sp³-hybridized carbons (Fsp3) is 0.318. The molecule has 1 heterocycles. The van der Waals surface area contributed by atoms with Crippen molar-refractivity contribution in [3.63, 3.8) is 0 Å². The molecule has 6 heteroatoms. The molecule has 1 aromatic heterocycles. The zero-order valence-corrected chi connectivity index (χ0v) is 16.4. The summed E-state index contributed by atoms with van der Waals surface area (Å²) in [6.07, 6.45) is 0.700. The molecule has 0 saturated carbocycles. The predicted molar refractivity (Wildman–Crippen MR) is 108 cm³/mol. The Morgan fingerprint density at radius 1 is 1.07 bits per heavy atom. The van der Waals surface area contributed by atoms with Crippen LogP contribution in [0.1, 0.15) is 18.1 Å². The van der Waals surface area contributed by atoms with Crippen LogP contribution in [0.4, 0.5) is 0 Å². The highest BCUT2D eigenvalue weighted by Gasteiger charge is 2.12. The molecule has 0 aliphatic heterocycles. The average molecular weight is 383 g/mol. The predicted octanol–water partition coefficient (Wildman–Crippen LogP) is 3.58. The number of hydrogen-bond acceptors (Lipinski definition) is 6. The number of aryl methyl sites for hydroxylation is 1. The topological polar surface area (TPSA) is 72.1 Å². The van der Waals surface area contributed by atoms with Crippen molar-refractivity contribution < 1.29 is 19.0 Å². The number of hydrogen-bond donors (Lipinski definition) is 1. The van der Waals surface area contributed by atoms with Gasteiger partial charge in [0.15, 0.2) is 0 Å². The van der Waals surface area contributed by atoms with Crippen LogP contribution in [-0.4, -0.2) is 37.3 Å². The molecular formula is C22H25NO5. The number of methoxy groups -OCH3 is 1. The van der Waals surface area contributed by atoms with E-state index in [4.69, 9.17) is 13.9 Å².